The molecule has 0 saturated carbocycles. The Kier molecular flexibility index (Phi) is 61.7. The molecule has 0 heterocycles. The lowest BCUT2D eigenvalue weighted by atomic mass is 9.96. The average Bonchev–Trinajstić information content (AvgIpc) is 3.45. The van der Waals surface area contributed by atoms with Crippen LogP contribution in [-0.4, -0.2) is 125 Å². The zero-order valence-electron chi connectivity index (χ0n) is 54.3. The highest BCUT2D eigenvalue weighted by molar-refractivity contribution is 5.70. The van der Waals surface area contributed by atoms with Crippen molar-refractivity contribution < 1.29 is 38.1 Å². The summed E-state index contributed by atoms with van der Waals surface area (Å²) < 4.78 is 22.5. The fourth-order valence-electron chi connectivity index (χ4n) is 10.7. The second kappa shape index (κ2) is 61.8. The van der Waals surface area contributed by atoms with Gasteiger partial charge in [-0.1, -0.05) is 216 Å². The molecule has 0 aromatic carbocycles. The van der Waals surface area contributed by atoms with Crippen molar-refractivity contribution in [2.45, 2.75) is 306 Å². The molecule has 0 aliphatic rings. The van der Waals surface area contributed by atoms with Crippen LogP contribution in [0, 0.1) is 23.7 Å². The molecule has 0 aliphatic carbocycles. The van der Waals surface area contributed by atoms with E-state index < -0.39 is 0 Å². The van der Waals surface area contributed by atoms with Crippen molar-refractivity contribution in [1.29, 1.82) is 0 Å². The number of carbonyl (C=O) groups excluding carboxylic acids is 4. The summed E-state index contributed by atoms with van der Waals surface area (Å²) in [4.78, 5) is 56.2. The SMILES string of the molecule is CCCCCCC(CCCC)COC(=O)CCN(CCC)CCCN(C)CCCN(CCC(=O)OCC(CCCC)CCCCCC)CCC(=O)OCC(CCCC)CCCCCC.CCCCCCC(CCCC)COC=O. The lowest BCUT2D eigenvalue weighted by Gasteiger charge is -2.25. The molecule has 0 rings (SSSR count). The Labute approximate surface area is 491 Å². The number of unbranched alkanes of at least 4 members (excludes halogenated alkanes) is 16. The molecule has 0 aromatic rings. The number of carbonyl (C=O) groups is 4. The summed E-state index contributed by atoms with van der Waals surface area (Å²) in [5.74, 6) is 1.68. The molecule has 0 bridgehead atoms. The second-order valence-electron chi connectivity index (χ2n) is 23.9. The maximum absolute atomic E-state index is 13.1. The Bertz CT molecular complexity index is 1260. The highest BCUT2D eigenvalue weighted by atomic mass is 16.5. The van der Waals surface area contributed by atoms with Crippen molar-refractivity contribution in [3.05, 3.63) is 0 Å². The third-order valence-electron chi connectivity index (χ3n) is 16.0. The average molecular weight is 1120 g/mol. The fourth-order valence-corrected chi connectivity index (χ4v) is 10.7. The van der Waals surface area contributed by atoms with Crippen molar-refractivity contribution in [1.82, 2.24) is 14.7 Å². The van der Waals surface area contributed by atoms with Gasteiger partial charge in [0.25, 0.3) is 6.47 Å². The summed E-state index contributed by atoms with van der Waals surface area (Å²) in [6.07, 6.45) is 43.2. The van der Waals surface area contributed by atoms with Crippen LogP contribution in [0.3, 0.4) is 0 Å². The van der Waals surface area contributed by atoms with E-state index in [1.807, 2.05) is 0 Å². The molecular weight excluding hydrogens is 987 g/mol. The van der Waals surface area contributed by atoms with Gasteiger partial charge in [-0.2, -0.15) is 0 Å². The second-order valence-corrected chi connectivity index (χ2v) is 23.9. The third-order valence-corrected chi connectivity index (χ3v) is 16.0. The van der Waals surface area contributed by atoms with Gasteiger partial charge < -0.3 is 33.6 Å². The van der Waals surface area contributed by atoms with Gasteiger partial charge in [0, 0.05) is 19.6 Å². The molecule has 0 spiro atoms. The van der Waals surface area contributed by atoms with E-state index in [0.717, 1.165) is 90.6 Å². The molecule has 0 fully saturated rings. The summed E-state index contributed by atoms with van der Waals surface area (Å²) in [6, 6.07) is 0. The minimum absolute atomic E-state index is 0.0534. The smallest absolute Gasteiger partial charge is 0.307 e. The van der Waals surface area contributed by atoms with Crippen LogP contribution < -0.4 is 0 Å². The lowest BCUT2D eigenvalue weighted by molar-refractivity contribution is -0.147. The summed E-state index contributed by atoms with van der Waals surface area (Å²) in [7, 11) is 2.19. The topological polar surface area (TPSA) is 115 Å². The molecule has 0 aliphatic heterocycles. The van der Waals surface area contributed by atoms with Gasteiger partial charge in [-0.25, -0.2) is 0 Å². The van der Waals surface area contributed by atoms with Crippen LogP contribution in [-0.2, 0) is 38.1 Å². The largest absolute Gasteiger partial charge is 0.468 e. The van der Waals surface area contributed by atoms with Crippen molar-refractivity contribution in [3.8, 4) is 0 Å². The van der Waals surface area contributed by atoms with Crippen LogP contribution in [0.2, 0.25) is 0 Å². The van der Waals surface area contributed by atoms with Crippen LogP contribution in [0.4, 0.5) is 0 Å². The molecule has 79 heavy (non-hydrogen) atoms. The molecular formula is C68H135N3O8. The molecule has 4 unspecified atom stereocenters. The number of esters is 3. The Morgan fingerprint density at radius 1 is 0.316 bits per heavy atom. The van der Waals surface area contributed by atoms with Gasteiger partial charge in [0.2, 0.25) is 0 Å². The molecule has 11 heteroatoms. The van der Waals surface area contributed by atoms with E-state index in [4.69, 9.17) is 18.9 Å². The normalized spacial score (nSPS) is 13.0. The van der Waals surface area contributed by atoms with E-state index in [0.29, 0.717) is 88.9 Å². The molecule has 11 nitrogen and oxygen atoms in total. The molecule has 0 N–H and O–H groups in total. The Morgan fingerprint density at radius 3 is 0.873 bits per heavy atom. The van der Waals surface area contributed by atoms with Crippen molar-refractivity contribution in [2.24, 2.45) is 23.7 Å². The minimum atomic E-state index is -0.125. The number of rotatable bonds is 60. The van der Waals surface area contributed by atoms with Crippen molar-refractivity contribution in [3.63, 3.8) is 0 Å². The summed E-state index contributed by atoms with van der Waals surface area (Å²) in [5, 5.41) is 0. The first-order chi connectivity index (χ1) is 38.5. The van der Waals surface area contributed by atoms with E-state index in [2.05, 4.69) is 84.1 Å². The maximum atomic E-state index is 13.1. The van der Waals surface area contributed by atoms with Crippen LogP contribution in [0.25, 0.3) is 0 Å². The standard InChI is InChI=1S/C55H109N3O6.C13H26O2/c1-9-16-22-25-33-50(30-19-12-4)47-62-53(59)36-44-57(39-15-7)42-28-40-56(8)41-29-43-58(45-37-54(60)63-48-51(31-20-13-5)34-26-23-17-10-2)46-38-55(61)64-49-52(32-21-14-6)35-27-24-18-11-3;1-3-5-7-8-10-13(9-6-4-2)11-15-12-14/h50-52H,9-49H2,1-8H3;12-13H,3-11H2,1-2H3. The van der Waals surface area contributed by atoms with E-state index in [9.17, 15) is 19.2 Å². The van der Waals surface area contributed by atoms with Crippen LogP contribution in [0.15, 0.2) is 0 Å². The lowest BCUT2D eigenvalue weighted by Crippen LogP contribution is -2.34. The molecule has 0 aromatic heterocycles. The summed E-state index contributed by atoms with van der Waals surface area (Å²) in [6.45, 7) is 29.5. The summed E-state index contributed by atoms with van der Waals surface area (Å²) >= 11 is 0. The van der Waals surface area contributed by atoms with Gasteiger partial charge in [0.1, 0.15) is 0 Å². The molecule has 0 saturated heterocycles. The predicted molar refractivity (Wildman–Crippen MR) is 336 cm³/mol. The number of hydrogen-bond acceptors (Lipinski definition) is 11. The van der Waals surface area contributed by atoms with Crippen LogP contribution in [0.1, 0.15) is 306 Å². The zero-order chi connectivity index (χ0) is 58.7. The molecule has 4 atom stereocenters. The first kappa shape index (κ1) is 78.8. The van der Waals surface area contributed by atoms with Crippen LogP contribution in [0.5, 0.6) is 0 Å². The molecule has 0 radical (unpaired) electrons. The first-order valence-corrected chi connectivity index (χ1v) is 34.2. The highest BCUT2D eigenvalue weighted by Crippen LogP contribution is 2.22. The van der Waals surface area contributed by atoms with Gasteiger partial charge in [-0.05, 0) is 134 Å². The Hall–Kier alpha value is -2.24. The monoisotopic (exact) mass is 1120 g/mol. The number of nitrogens with zero attached hydrogens (tertiary/aromatic N) is 3. The fraction of sp³-hybridized carbons (Fsp3) is 0.941. The van der Waals surface area contributed by atoms with Gasteiger partial charge in [-0.3, -0.25) is 19.2 Å². The molecule has 470 valence electrons. The van der Waals surface area contributed by atoms with E-state index in [1.165, 1.54) is 173 Å². The zero-order valence-corrected chi connectivity index (χ0v) is 54.3. The van der Waals surface area contributed by atoms with Gasteiger partial charge in [0.15, 0.2) is 0 Å². The van der Waals surface area contributed by atoms with E-state index >= 15 is 0 Å². The van der Waals surface area contributed by atoms with Gasteiger partial charge in [-0.15, -0.1) is 0 Å². The van der Waals surface area contributed by atoms with Crippen molar-refractivity contribution >= 4 is 24.4 Å². The van der Waals surface area contributed by atoms with E-state index in [-0.39, 0.29) is 17.9 Å². The summed E-state index contributed by atoms with van der Waals surface area (Å²) in [5.41, 5.74) is 0. The Morgan fingerprint density at radius 2 is 0.595 bits per heavy atom. The quantitative estimate of drug-likeness (QED) is 0.0251. The van der Waals surface area contributed by atoms with Crippen molar-refractivity contribution in [2.75, 3.05) is 85.8 Å². The maximum Gasteiger partial charge on any atom is 0.307 e. The van der Waals surface area contributed by atoms with Crippen LogP contribution >= 0.6 is 0 Å². The highest BCUT2D eigenvalue weighted by Gasteiger charge is 2.18. The van der Waals surface area contributed by atoms with Gasteiger partial charge in [0.05, 0.1) is 45.7 Å². The number of hydrogen-bond donors (Lipinski definition) is 0. The van der Waals surface area contributed by atoms with E-state index in [1.54, 1.807) is 0 Å². The molecule has 0 amide bonds. The van der Waals surface area contributed by atoms with Gasteiger partial charge >= 0.3 is 17.9 Å². The Balaban J connectivity index is 0. The first-order valence-electron chi connectivity index (χ1n) is 34.2. The minimum Gasteiger partial charge on any atom is -0.468 e. The predicted octanol–water partition coefficient (Wildman–Crippen LogP) is 17.8. The number of ether oxygens (including phenoxy) is 4. The third kappa shape index (κ3) is 54.8.